The summed E-state index contributed by atoms with van der Waals surface area (Å²) in [7, 11) is 0. The van der Waals surface area contributed by atoms with E-state index in [4.69, 9.17) is 0 Å². The zero-order valence-corrected chi connectivity index (χ0v) is 16.7. The SMILES string of the molecule is CC1=C(C#N)[C@H](c2ccc(C(C)(C)C)cc2)C2=C(CC(C)(C)CC2=O)N1. The first-order chi connectivity index (χ1) is 12.0. The van der Waals surface area contributed by atoms with Gasteiger partial charge in [-0.25, -0.2) is 0 Å². The third-order valence-electron chi connectivity index (χ3n) is 5.47. The van der Waals surface area contributed by atoms with Crippen molar-refractivity contribution < 1.29 is 4.79 Å². The van der Waals surface area contributed by atoms with Crippen LogP contribution < -0.4 is 5.32 Å². The molecule has 3 heteroatoms. The van der Waals surface area contributed by atoms with Crippen LogP contribution in [0.2, 0.25) is 0 Å². The van der Waals surface area contributed by atoms with E-state index in [-0.39, 0.29) is 22.5 Å². The molecule has 0 radical (unpaired) electrons. The van der Waals surface area contributed by atoms with Gasteiger partial charge < -0.3 is 5.32 Å². The quantitative estimate of drug-likeness (QED) is 0.767. The minimum atomic E-state index is -0.256. The van der Waals surface area contributed by atoms with Crippen LogP contribution in [-0.4, -0.2) is 5.78 Å². The Bertz CT molecular complexity index is 855. The van der Waals surface area contributed by atoms with Gasteiger partial charge in [-0.05, 0) is 35.3 Å². The molecule has 0 fully saturated rings. The molecule has 3 rings (SSSR count). The molecule has 0 saturated heterocycles. The molecule has 1 aliphatic heterocycles. The molecule has 1 atom stereocenters. The van der Waals surface area contributed by atoms with E-state index in [1.807, 2.05) is 6.92 Å². The van der Waals surface area contributed by atoms with Crippen LogP contribution >= 0.6 is 0 Å². The Labute approximate surface area is 156 Å². The van der Waals surface area contributed by atoms with Crippen LogP contribution in [0.4, 0.5) is 0 Å². The Balaban J connectivity index is 2.12. The van der Waals surface area contributed by atoms with E-state index in [1.165, 1.54) is 5.56 Å². The van der Waals surface area contributed by atoms with Gasteiger partial charge in [0.15, 0.2) is 5.78 Å². The highest BCUT2D eigenvalue weighted by Crippen LogP contribution is 2.46. The molecule has 0 unspecified atom stereocenters. The Kier molecular flexibility index (Phi) is 4.35. The molecule has 1 heterocycles. The van der Waals surface area contributed by atoms with Gasteiger partial charge in [0.1, 0.15) is 0 Å². The van der Waals surface area contributed by atoms with E-state index in [0.717, 1.165) is 29.0 Å². The number of ketones is 1. The third kappa shape index (κ3) is 3.21. The minimum Gasteiger partial charge on any atom is -0.361 e. The molecule has 1 aromatic carbocycles. The van der Waals surface area contributed by atoms with Crippen LogP contribution in [0.5, 0.6) is 0 Å². The van der Waals surface area contributed by atoms with Crippen LogP contribution in [-0.2, 0) is 10.2 Å². The first-order valence-corrected chi connectivity index (χ1v) is 9.28. The first kappa shape index (κ1) is 18.5. The maximum Gasteiger partial charge on any atom is 0.162 e. The topological polar surface area (TPSA) is 52.9 Å². The van der Waals surface area contributed by atoms with E-state index in [1.54, 1.807) is 0 Å². The molecule has 1 N–H and O–H groups in total. The fourth-order valence-electron chi connectivity index (χ4n) is 4.09. The van der Waals surface area contributed by atoms with Gasteiger partial charge in [-0.2, -0.15) is 5.26 Å². The number of carbonyl (C=O) groups excluding carboxylic acids is 1. The lowest BCUT2D eigenvalue weighted by atomic mass is 9.68. The molecule has 0 bridgehead atoms. The first-order valence-electron chi connectivity index (χ1n) is 9.28. The maximum absolute atomic E-state index is 13.0. The molecular formula is C23H28N2O. The number of rotatable bonds is 1. The van der Waals surface area contributed by atoms with E-state index >= 15 is 0 Å². The van der Waals surface area contributed by atoms with Crippen molar-refractivity contribution in [1.29, 1.82) is 5.26 Å². The van der Waals surface area contributed by atoms with Gasteiger partial charge in [0.25, 0.3) is 0 Å². The van der Waals surface area contributed by atoms with Crippen LogP contribution in [0, 0.1) is 16.7 Å². The number of Topliss-reactive ketones (excluding diaryl/α,β-unsaturated/α-hetero) is 1. The molecule has 0 spiro atoms. The zero-order chi connectivity index (χ0) is 19.3. The molecular weight excluding hydrogens is 320 g/mol. The number of benzene rings is 1. The molecule has 2 aliphatic rings. The fraction of sp³-hybridized carbons (Fsp3) is 0.478. The molecule has 0 aromatic heterocycles. The molecule has 26 heavy (non-hydrogen) atoms. The monoisotopic (exact) mass is 348 g/mol. The van der Waals surface area contributed by atoms with Crippen molar-refractivity contribution in [2.45, 2.75) is 65.7 Å². The van der Waals surface area contributed by atoms with E-state index in [0.29, 0.717) is 12.0 Å². The second-order valence-electron chi connectivity index (χ2n) is 9.41. The minimum absolute atomic E-state index is 0.0476. The zero-order valence-electron chi connectivity index (χ0n) is 16.7. The summed E-state index contributed by atoms with van der Waals surface area (Å²) in [5.74, 6) is -0.0947. The lowest BCUT2D eigenvalue weighted by molar-refractivity contribution is -0.118. The van der Waals surface area contributed by atoms with Crippen molar-refractivity contribution in [1.82, 2.24) is 5.32 Å². The smallest absolute Gasteiger partial charge is 0.162 e. The lowest BCUT2D eigenvalue weighted by Crippen LogP contribution is -2.36. The largest absolute Gasteiger partial charge is 0.361 e. The Morgan fingerprint density at radius 1 is 1.15 bits per heavy atom. The number of hydrogen-bond acceptors (Lipinski definition) is 3. The Morgan fingerprint density at radius 2 is 1.77 bits per heavy atom. The van der Waals surface area contributed by atoms with Crippen molar-refractivity contribution in [2.75, 3.05) is 0 Å². The average Bonchev–Trinajstić information content (AvgIpc) is 2.51. The lowest BCUT2D eigenvalue weighted by Gasteiger charge is -2.38. The molecule has 0 saturated carbocycles. The van der Waals surface area contributed by atoms with Gasteiger partial charge in [0, 0.05) is 23.4 Å². The van der Waals surface area contributed by atoms with Gasteiger partial charge in [-0.15, -0.1) is 0 Å². The van der Waals surface area contributed by atoms with Gasteiger partial charge in [0.2, 0.25) is 0 Å². The number of dihydropyridines is 1. The number of nitrogens with one attached hydrogen (secondary N) is 1. The van der Waals surface area contributed by atoms with Crippen LogP contribution in [0.3, 0.4) is 0 Å². The molecule has 0 amide bonds. The number of carbonyl (C=O) groups is 1. The fourth-order valence-corrected chi connectivity index (χ4v) is 4.09. The molecule has 136 valence electrons. The van der Waals surface area contributed by atoms with Crippen molar-refractivity contribution >= 4 is 5.78 Å². The number of nitrogens with zero attached hydrogens (tertiary/aromatic N) is 1. The summed E-state index contributed by atoms with van der Waals surface area (Å²) >= 11 is 0. The van der Waals surface area contributed by atoms with Gasteiger partial charge >= 0.3 is 0 Å². The number of hydrogen-bond donors (Lipinski definition) is 1. The van der Waals surface area contributed by atoms with Crippen molar-refractivity contribution in [3.63, 3.8) is 0 Å². The molecule has 3 nitrogen and oxygen atoms in total. The average molecular weight is 348 g/mol. The highest BCUT2D eigenvalue weighted by atomic mass is 16.1. The maximum atomic E-state index is 13.0. The summed E-state index contributed by atoms with van der Waals surface area (Å²) in [5, 5.41) is 13.1. The summed E-state index contributed by atoms with van der Waals surface area (Å²) in [6, 6.07) is 10.8. The Morgan fingerprint density at radius 3 is 2.31 bits per heavy atom. The predicted octanol–water partition coefficient (Wildman–Crippen LogP) is 5.11. The van der Waals surface area contributed by atoms with Crippen LogP contribution in [0.1, 0.15) is 71.4 Å². The second-order valence-corrected chi connectivity index (χ2v) is 9.41. The van der Waals surface area contributed by atoms with Crippen molar-refractivity contribution in [3.8, 4) is 6.07 Å². The molecule has 1 aliphatic carbocycles. The third-order valence-corrected chi connectivity index (χ3v) is 5.47. The van der Waals surface area contributed by atoms with E-state index in [9.17, 15) is 10.1 Å². The summed E-state index contributed by atoms with van der Waals surface area (Å²) in [6.45, 7) is 12.7. The van der Waals surface area contributed by atoms with Gasteiger partial charge in [-0.1, -0.05) is 58.9 Å². The summed E-state index contributed by atoms with van der Waals surface area (Å²) < 4.78 is 0. The summed E-state index contributed by atoms with van der Waals surface area (Å²) in [5.41, 5.74) is 5.60. The van der Waals surface area contributed by atoms with Gasteiger partial charge in [0.05, 0.1) is 17.6 Å². The van der Waals surface area contributed by atoms with E-state index in [2.05, 4.69) is 70.3 Å². The van der Waals surface area contributed by atoms with Crippen LogP contribution in [0.25, 0.3) is 0 Å². The van der Waals surface area contributed by atoms with Crippen LogP contribution in [0.15, 0.2) is 46.8 Å². The highest BCUT2D eigenvalue weighted by molar-refractivity contribution is 6.00. The summed E-state index contributed by atoms with van der Waals surface area (Å²) in [6.07, 6.45) is 1.36. The second kappa shape index (κ2) is 6.13. The predicted molar refractivity (Wildman–Crippen MR) is 104 cm³/mol. The standard InChI is InChI=1S/C23H28N2O/c1-14-17(13-24)20(15-7-9-16(10-8-15)22(2,3)4)21-18(25-14)11-23(5,6)12-19(21)26/h7-10,20,25H,11-12H2,1-6H3/t20-/m0/s1. The number of nitriles is 1. The number of allylic oxidation sites excluding steroid dienone is 4. The van der Waals surface area contributed by atoms with Crippen molar-refractivity contribution in [2.24, 2.45) is 5.41 Å². The van der Waals surface area contributed by atoms with Gasteiger partial charge in [-0.3, -0.25) is 4.79 Å². The normalized spacial score (nSPS) is 22.7. The molecule has 1 aromatic rings. The Hall–Kier alpha value is -2.34. The highest BCUT2D eigenvalue weighted by Gasteiger charge is 2.41. The van der Waals surface area contributed by atoms with Crippen molar-refractivity contribution in [3.05, 3.63) is 57.9 Å². The van der Waals surface area contributed by atoms with E-state index < -0.39 is 0 Å². The summed E-state index contributed by atoms with van der Waals surface area (Å²) in [4.78, 5) is 13.0.